The quantitative estimate of drug-likeness (QED) is 0.682. The van der Waals surface area contributed by atoms with E-state index in [9.17, 15) is 13.6 Å². The highest BCUT2D eigenvalue weighted by Gasteiger charge is 2.32. The zero-order chi connectivity index (χ0) is 10.7. The second kappa shape index (κ2) is 4.68. The molecule has 0 aromatic heterocycles. The van der Waals surface area contributed by atoms with Crippen molar-refractivity contribution in [2.45, 2.75) is 38.3 Å². The number of halogens is 2. The van der Waals surface area contributed by atoms with Crippen LogP contribution in [0.1, 0.15) is 19.8 Å². The molecule has 2 atom stereocenters. The molecule has 0 spiro atoms. The van der Waals surface area contributed by atoms with Gasteiger partial charge in [-0.1, -0.05) is 0 Å². The summed E-state index contributed by atoms with van der Waals surface area (Å²) in [5.74, 6) is -1.06. The standard InChI is InChI=1S/C9H15F2NO2/c1-6-5-7(14-2)3-4-12(6)9(13)8(10)11/h6-8H,3-5H2,1-2H3. The summed E-state index contributed by atoms with van der Waals surface area (Å²) < 4.78 is 29.4. The number of nitrogens with zero attached hydrogens (tertiary/aromatic N) is 1. The summed E-state index contributed by atoms with van der Waals surface area (Å²) in [5.41, 5.74) is 0. The Hall–Kier alpha value is -0.710. The first-order valence-corrected chi connectivity index (χ1v) is 4.67. The molecule has 2 unspecified atom stereocenters. The number of carbonyl (C=O) groups is 1. The average Bonchev–Trinajstić information content (AvgIpc) is 2.16. The van der Waals surface area contributed by atoms with Crippen molar-refractivity contribution < 1.29 is 18.3 Å². The van der Waals surface area contributed by atoms with Crippen LogP contribution in [-0.2, 0) is 9.53 Å². The minimum Gasteiger partial charge on any atom is -0.381 e. The summed E-state index contributed by atoms with van der Waals surface area (Å²) in [7, 11) is 1.60. The normalized spacial score (nSPS) is 28.2. The van der Waals surface area contributed by atoms with E-state index in [0.29, 0.717) is 19.4 Å². The van der Waals surface area contributed by atoms with Gasteiger partial charge in [0.15, 0.2) is 0 Å². The van der Waals surface area contributed by atoms with Crippen molar-refractivity contribution in [2.24, 2.45) is 0 Å². The van der Waals surface area contributed by atoms with Gasteiger partial charge in [-0.2, -0.15) is 8.78 Å². The third kappa shape index (κ3) is 2.41. The van der Waals surface area contributed by atoms with E-state index in [0.717, 1.165) is 0 Å². The highest BCUT2D eigenvalue weighted by atomic mass is 19.3. The Morgan fingerprint density at radius 2 is 2.21 bits per heavy atom. The SMILES string of the molecule is COC1CCN(C(=O)C(F)F)C(C)C1. The topological polar surface area (TPSA) is 29.5 Å². The largest absolute Gasteiger partial charge is 0.381 e. The van der Waals surface area contributed by atoms with Gasteiger partial charge in [-0.3, -0.25) is 4.79 Å². The minimum absolute atomic E-state index is 0.0896. The molecule has 14 heavy (non-hydrogen) atoms. The van der Waals surface area contributed by atoms with Gasteiger partial charge in [-0.15, -0.1) is 0 Å². The van der Waals surface area contributed by atoms with Gasteiger partial charge in [-0.05, 0) is 19.8 Å². The van der Waals surface area contributed by atoms with Crippen LogP contribution in [0.3, 0.4) is 0 Å². The van der Waals surface area contributed by atoms with Gasteiger partial charge in [0.25, 0.3) is 5.91 Å². The number of piperidine rings is 1. The molecular weight excluding hydrogens is 192 g/mol. The molecular formula is C9H15F2NO2. The lowest BCUT2D eigenvalue weighted by Crippen LogP contribution is -2.48. The summed E-state index contributed by atoms with van der Waals surface area (Å²) in [5, 5.41) is 0. The number of ether oxygens (including phenoxy) is 1. The molecule has 0 saturated carbocycles. The van der Waals surface area contributed by atoms with Crippen LogP contribution in [0, 0.1) is 0 Å². The maximum absolute atomic E-state index is 12.1. The van der Waals surface area contributed by atoms with Crippen molar-refractivity contribution in [3.05, 3.63) is 0 Å². The van der Waals surface area contributed by atoms with Crippen molar-refractivity contribution in [3.8, 4) is 0 Å². The lowest BCUT2D eigenvalue weighted by Gasteiger charge is -2.36. The molecule has 1 rings (SSSR count). The third-order valence-electron chi connectivity index (χ3n) is 2.63. The minimum atomic E-state index is -2.89. The number of rotatable bonds is 2. The van der Waals surface area contributed by atoms with Gasteiger partial charge in [-0.25, -0.2) is 0 Å². The fourth-order valence-corrected chi connectivity index (χ4v) is 1.80. The first-order valence-electron chi connectivity index (χ1n) is 4.67. The van der Waals surface area contributed by atoms with Crippen molar-refractivity contribution in [1.82, 2.24) is 4.90 Å². The lowest BCUT2D eigenvalue weighted by atomic mass is 10.0. The molecule has 1 heterocycles. The maximum atomic E-state index is 12.1. The molecule has 1 amide bonds. The zero-order valence-electron chi connectivity index (χ0n) is 8.37. The summed E-state index contributed by atoms with van der Waals surface area (Å²) in [6.45, 7) is 2.13. The summed E-state index contributed by atoms with van der Waals surface area (Å²) in [4.78, 5) is 12.3. The van der Waals surface area contributed by atoms with E-state index in [1.807, 2.05) is 0 Å². The molecule has 1 saturated heterocycles. The second-order valence-corrected chi connectivity index (χ2v) is 3.56. The van der Waals surface area contributed by atoms with Gasteiger partial charge in [0.2, 0.25) is 0 Å². The number of carbonyl (C=O) groups excluding carboxylic acids is 1. The van der Waals surface area contributed by atoms with E-state index in [-0.39, 0.29) is 12.1 Å². The van der Waals surface area contributed by atoms with E-state index >= 15 is 0 Å². The number of likely N-dealkylation sites (tertiary alicyclic amines) is 1. The molecule has 0 aromatic carbocycles. The number of hydrogen-bond donors (Lipinski definition) is 0. The Balaban J connectivity index is 2.53. The van der Waals surface area contributed by atoms with Crippen LogP contribution < -0.4 is 0 Å². The molecule has 0 aliphatic carbocycles. The summed E-state index contributed by atoms with van der Waals surface area (Å²) in [6, 6.07) is -0.157. The van der Waals surface area contributed by atoms with Crippen LogP contribution in [-0.4, -0.2) is 43.0 Å². The monoisotopic (exact) mass is 207 g/mol. The molecule has 0 N–H and O–H groups in total. The van der Waals surface area contributed by atoms with Crippen molar-refractivity contribution >= 4 is 5.91 Å². The maximum Gasteiger partial charge on any atom is 0.315 e. The predicted octanol–water partition coefficient (Wildman–Crippen LogP) is 1.28. The molecule has 0 aromatic rings. The van der Waals surface area contributed by atoms with Crippen LogP contribution >= 0.6 is 0 Å². The second-order valence-electron chi connectivity index (χ2n) is 3.56. The van der Waals surface area contributed by atoms with E-state index in [1.165, 1.54) is 4.90 Å². The number of amides is 1. The van der Waals surface area contributed by atoms with Crippen LogP contribution in [0.15, 0.2) is 0 Å². The average molecular weight is 207 g/mol. The van der Waals surface area contributed by atoms with E-state index in [4.69, 9.17) is 4.74 Å². The smallest absolute Gasteiger partial charge is 0.315 e. The Morgan fingerprint density at radius 1 is 1.57 bits per heavy atom. The molecule has 1 aliphatic heterocycles. The number of alkyl halides is 2. The highest BCUT2D eigenvalue weighted by molar-refractivity contribution is 5.79. The van der Waals surface area contributed by atoms with Gasteiger partial charge in [0.1, 0.15) is 0 Å². The number of methoxy groups -OCH3 is 1. The molecule has 0 radical (unpaired) electrons. The fourth-order valence-electron chi connectivity index (χ4n) is 1.80. The highest BCUT2D eigenvalue weighted by Crippen LogP contribution is 2.20. The van der Waals surface area contributed by atoms with Gasteiger partial charge in [0, 0.05) is 19.7 Å². The van der Waals surface area contributed by atoms with Gasteiger partial charge < -0.3 is 9.64 Å². The zero-order valence-corrected chi connectivity index (χ0v) is 8.37. The van der Waals surface area contributed by atoms with Crippen molar-refractivity contribution in [3.63, 3.8) is 0 Å². The predicted molar refractivity (Wildman–Crippen MR) is 47.2 cm³/mol. The first-order chi connectivity index (χ1) is 6.56. The van der Waals surface area contributed by atoms with Crippen LogP contribution in [0.2, 0.25) is 0 Å². The van der Waals surface area contributed by atoms with E-state index in [1.54, 1.807) is 14.0 Å². The van der Waals surface area contributed by atoms with Gasteiger partial charge >= 0.3 is 6.43 Å². The molecule has 82 valence electrons. The molecule has 1 aliphatic rings. The first kappa shape index (κ1) is 11.4. The van der Waals surface area contributed by atoms with Crippen molar-refractivity contribution in [2.75, 3.05) is 13.7 Å². The van der Waals surface area contributed by atoms with Crippen molar-refractivity contribution in [1.29, 1.82) is 0 Å². The Labute approximate surface area is 82.0 Å². The Bertz CT molecular complexity index is 211. The number of hydrogen-bond acceptors (Lipinski definition) is 2. The fraction of sp³-hybridized carbons (Fsp3) is 0.889. The van der Waals surface area contributed by atoms with E-state index < -0.39 is 12.3 Å². The third-order valence-corrected chi connectivity index (χ3v) is 2.63. The summed E-state index contributed by atoms with van der Waals surface area (Å²) in [6.07, 6.45) is -1.53. The molecule has 1 fully saturated rings. The Kier molecular flexibility index (Phi) is 3.80. The van der Waals surface area contributed by atoms with Gasteiger partial charge in [0.05, 0.1) is 6.10 Å². The Morgan fingerprint density at radius 3 is 2.64 bits per heavy atom. The molecule has 3 nitrogen and oxygen atoms in total. The lowest BCUT2D eigenvalue weighted by molar-refractivity contribution is -0.148. The molecule has 5 heteroatoms. The van der Waals surface area contributed by atoms with E-state index in [2.05, 4.69) is 0 Å². The van der Waals surface area contributed by atoms with Crippen LogP contribution in [0.4, 0.5) is 8.78 Å². The molecule has 0 bridgehead atoms. The van der Waals surface area contributed by atoms with Crippen LogP contribution in [0.25, 0.3) is 0 Å². The van der Waals surface area contributed by atoms with Crippen LogP contribution in [0.5, 0.6) is 0 Å². The summed E-state index contributed by atoms with van der Waals surface area (Å²) >= 11 is 0.